The van der Waals surface area contributed by atoms with Crippen molar-refractivity contribution in [1.29, 1.82) is 5.39 Å². The molecule has 4 heteroatoms. The van der Waals surface area contributed by atoms with Gasteiger partial charge in [0.1, 0.15) is 5.75 Å². The van der Waals surface area contributed by atoms with Crippen LogP contribution in [0.25, 0.3) is 4.98 Å². The number of nitrogen functional groups attached to an aromatic ring is 1. The SMILES string of the molecule is N#[N+]c1ccc(N)c(Oc2ccccc2)c1. The third kappa shape index (κ3) is 2.10. The lowest BCUT2D eigenvalue weighted by Crippen LogP contribution is -1.91. The molecule has 0 saturated heterocycles. The van der Waals surface area contributed by atoms with Crippen molar-refractivity contribution in [2.45, 2.75) is 0 Å². The molecule has 0 bridgehead atoms. The Kier molecular flexibility index (Phi) is 2.70. The van der Waals surface area contributed by atoms with Crippen LogP contribution in [-0.2, 0) is 0 Å². The fourth-order valence-corrected chi connectivity index (χ4v) is 1.29. The van der Waals surface area contributed by atoms with E-state index in [1.165, 1.54) is 0 Å². The van der Waals surface area contributed by atoms with Crippen molar-refractivity contribution >= 4 is 11.4 Å². The molecule has 0 aliphatic carbocycles. The second-order valence-corrected chi connectivity index (χ2v) is 3.24. The molecule has 4 nitrogen and oxygen atoms in total. The van der Waals surface area contributed by atoms with Gasteiger partial charge in [0, 0.05) is 6.07 Å². The highest BCUT2D eigenvalue weighted by atomic mass is 16.5. The molecule has 0 aliphatic heterocycles. The summed E-state index contributed by atoms with van der Waals surface area (Å²) < 4.78 is 5.56. The predicted molar refractivity (Wildman–Crippen MR) is 62.1 cm³/mol. The molecule has 2 rings (SSSR count). The predicted octanol–water partition coefficient (Wildman–Crippen LogP) is 3.55. The van der Waals surface area contributed by atoms with Gasteiger partial charge in [0.25, 0.3) is 0 Å². The lowest BCUT2D eigenvalue weighted by molar-refractivity contribution is 0.485. The number of hydrogen-bond donors (Lipinski definition) is 1. The molecule has 0 spiro atoms. The van der Waals surface area contributed by atoms with E-state index in [0.29, 0.717) is 22.9 Å². The van der Waals surface area contributed by atoms with E-state index < -0.39 is 0 Å². The lowest BCUT2D eigenvalue weighted by atomic mass is 10.2. The molecule has 0 aromatic heterocycles. The van der Waals surface area contributed by atoms with Crippen molar-refractivity contribution < 1.29 is 4.74 Å². The zero-order chi connectivity index (χ0) is 11.4. The van der Waals surface area contributed by atoms with Crippen LogP contribution in [0.3, 0.4) is 0 Å². The maximum Gasteiger partial charge on any atom is 0.388 e. The zero-order valence-electron chi connectivity index (χ0n) is 8.50. The largest absolute Gasteiger partial charge is 0.455 e. The Morgan fingerprint density at radius 1 is 1.06 bits per heavy atom. The fourth-order valence-electron chi connectivity index (χ4n) is 1.29. The van der Waals surface area contributed by atoms with Gasteiger partial charge in [-0.1, -0.05) is 18.2 Å². The highest BCUT2D eigenvalue weighted by molar-refractivity contribution is 5.62. The summed E-state index contributed by atoms with van der Waals surface area (Å²) in [5, 5.41) is 8.65. The summed E-state index contributed by atoms with van der Waals surface area (Å²) in [6.45, 7) is 0. The maximum atomic E-state index is 8.65. The molecule has 2 aromatic carbocycles. The summed E-state index contributed by atoms with van der Waals surface area (Å²) in [7, 11) is 0. The summed E-state index contributed by atoms with van der Waals surface area (Å²) in [6, 6.07) is 14.1. The van der Waals surface area contributed by atoms with E-state index in [2.05, 4.69) is 4.98 Å². The smallest absolute Gasteiger partial charge is 0.388 e. The highest BCUT2D eigenvalue weighted by Gasteiger charge is 2.10. The molecule has 2 N–H and O–H groups in total. The number of hydrogen-bond acceptors (Lipinski definition) is 3. The van der Waals surface area contributed by atoms with Crippen molar-refractivity contribution in [3.05, 3.63) is 53.5 Å². The first kappa shape index (κ1) is 9.99. The molecule has 0 radical (unpaired) electrons. The van der Waals surface area contributed by atoms with Gasteiger partial charge in [-0.3, -0.25) is 0 Å². The number of nitrogens with zero attached hydrogens (tertiary/aromatic N) is 2. The summed E-state index contributed by atoms with van der Waals surface area (Å²) in [4.78, 5) is 3.08. The monoisotopic (exact) mass is 212 g/mol. The Morgan fingerprint density at radius 2 is 1.81 bits per heavy atom. The Morgan fingerprint density at radius 3 is 2.50 bits per heavy atom. The minimum Gasteiger partial charge on any atom is -0.455 e. The first-order valence-electron chi connectivity index (χ1n) is 4.77. The van der Waals surface area contributed by atoms with Crippen LogP contribution in [0.2, 0.25) is 0 Å². The second-order valence-electron chi connectivity index (χ2n) is 3.24. The first-order valence-corrected chi connectivity index (χ1v) is 4.77. The van der Waals surface area contributed by atoms with Crippen LogP contribution in [0.15, 0.2) is 48.5 Å². The number of para-hydroxylation sites is 1. The van der Waals surface area contributed by atoms with Gasteiger partial charge in [-0.05, 0) is 18.2 Å². The third-order valence-corrected chi connectivity index (χ3v) is 2.08. The zero-order valence-corrected chi connectivity index (χ0v) is 8.50. The number of diazo groups is 1. The van der Waals surface area contributed by atoms with Crippen LogP contribution in [-0.4, -0.2) is 0 Å². The summed E-state index contributed by atoms with van der Waals surface area (Å²) in [6.07, 6.45) is 0. The number of anilines is 1. The number of rotatable bonds is 2. The van der Waals surface area contributed by atoms with Crippen LogP contribution in [0.5, 0.6) is 11.5 Å². The van der Waals surface area contributed by atoms with Gasteiger partial charge in [0.2, 0.25) is 5.39 Å². The van der Waals surface area contributed by atoms with E-state index in [1.807, 2.05) is 30.3 Å². The van der Waals surface area contributed by atoms with Crippen molar-refractivity contribution in [3.63, 3.8) is 0 Å². The van der Waals surface area contributed by atoms with E-state index in [4.69, 9.17) is 15.9 Å². The molecule has 0 aliphatic rings. The molecular formula is C12H10N3O+. The molecule has 0 saturated carbocycles. The van der Waals surface area contributed by atoms with E-state index in [9.17, 15) is 0 Å². The van der Waals surface area contributed by atoms with Gasteiger partial charge in [-0.25, -0.2) is 0 Å². The van der Waals surface area contributed by atoms with Crippen LogP contribution < -0.4 is 10.5 Å². The molecule has 16 heavy (non-hydrogen) atoms. The minimum absolute atomic E-state index is 0.403. The number of nitrogens with two attached hydrogens (primary N) is 1. The van der Waals surface area contributed by atoms with Crippen molar-refractivity contribution in [3.8, 4) is 11.5 Å². The highest BCUT2D eigenvalue weighted by Crippen LogP contribution is 2.31. The lowest BCUT2D eigenvalue weighted by Gasteiger charge is -2.06. The Labute approximate surface area is 92.9 Å². The molecule has 0 atom stereocenters. The van der Waals surface area contributed by atoms with Crippen molar-refractivity contribution in [2.24, 2.45) is 0 Å². The Balaban J connectivity index is 2.31. The quantitative estimate of drug-likeness (QED) is 0.611. The van der Waals surface area contributed by atoms with Gasteiger partial charge in [0.05, 0.1) is 11.8 Å². The molecule has 2 aromatic rings. The topological polar surface area (TPSA) is 63.4 Å². The van der Waals surface area contributed by atoms with Crippen molar-refractivity contribution in [2.75, 3.05) is 5.73 Å². The molecule has 0 heterocycles. The van der Waals surface area contributed by atoms with Gasteiger partial charge in [-0.2, -0.15) is 0 Å². The number of ether oxygens (including phenoxy) is 1. The summed E-state index contributed by atoms with van der Waals surface area (Å²) in [5.41, 5.74) is 6.64. The average Bonchev–Trinajstić information content (AvgIpc) is 2.33. The molecule has 78 valence electrons. The van der Waals surface area contributed by atoms with E-state index in [0.717, 1.165) is 0 Å². The fraction of sp³-hybridized carbons (Fsp3) is 0. The second kappa shape index (κ2) is 4.32. The van der Waals surface area contributed by atoms with Gasteiger partial charge in [0.15, 0.2) is 10.7 Å². The van der Waals surface area contributed by atoms with Crippen LogP contribution >= 0.6 is 0 Å². The standard InChI is InChI=1S/C12H10N3O/c13-11-7-6-9(15-14)8-12(11)16-10-4-2-1-3-5-10/h1-8H,13H2/q+1. The van der Waals surface area contributed by atoms with Crippen LogP contribution in [0.1, 0.15) is 0 Å². The molecule has 0 amide bonds. The minimum atomic E-state index is 0.403. The average molecular weight is 212 g/mol. The normalized spacial score (nSPS) is 9.44. The summed E-state index contributed by atoms with van der Waals surface area (Å²) >= 11 is 0. The Hall–Kier alpha value is -2.54. The van der Waals surface area contributed by atoms with E-state index in [1.54, 1.807) is 18.2 Å². The van der Waals surface area contributed by atoms with Crippen LogP contribution in [0, 0.1) is 5.39 Å². The van der Waals surface area contributed by atoms with Gasteiger partial charge < -0.3 is 10.5 Å². The van der Waals surface area contributed by atoms with E-state index >= 15 is 0 Å². The Bertz CT molecular complexity index is 532. The van der Waals surface area contributed by atoms with Crippen LogP contribution in [0.4, 0.5) is 11.4 Å². The molecular weight excluding hydrogens is 202 g/mol. The molecule has 0 unspecified atom stereocenters. The van der Waals surface area contributed by atoms with Crippen molar-refractivity contribution in [1.82, 2.24) is 0 Å². The van der Waals surface area contributed by atoms with E-state index in [-0.39, 0.29) is 0 Å². The maximum absolute atomic E-state index is 8.65. The molecule has 0 fully saturated rings. The van der Waals surface area contributed by atoms with Gasteiger partial charge in [-0.15, -0.1) is 0 Å². The first-order chi connectivity index (χ1) is 7.79. The summed E-state index contributed by atoms with van der Waals surface area (Å²) in [5.74, 6) is 1.16. The number of benzene rings is 2. The van der Waals surface area contributed by atoms with Gasteiger partial charge >= 0.3 is 5.69 Å². The third-order valence-electron chi connectivity index (χ3n) is 2.08.